The summed E-state index contributed by atoms with van der Waals surface area (Å²) >= 11 is 0. The van der Waals surface area contributed by atoms with E-state index in [1.165, 1.54) is 107 Å². The average Bonchev–Trinajstić information content (AvgIpc) is 3.46. The van der Waals surface area contributed by atoms with E-state index in [1.54, 1.807) is 18.2 Å². The van der Waals surface area contributed by atoms with E-state index in [1.807, 2.05) is 55.1 Å². The SMILES string of the molecule is CCCCC1CCN(c2ncc(CC)cn2)CC1.CCc1cnc(N2CCC(CCCOc3ccc4c(c3)CCN(S(C)(=O)=O)C4)CC2)nc1.CS(=O)(=O)CCN1CCc2cc(O)ccc2C1.Oc1ccc2c(c1)CCNC2. The lowest BCUT2D eigenvalue weighted by Gasteiger charge is -2.32. The summed E-state index contributed by atoms with van der Waals surface area (Å²) < 4.78 is 53.3. The van der Waals surface area contributed by atoms with Crippen LogP contribution in [-0.2, 0) is 71.6 Å². The topological polar surface area (TPSA) is 195 Å². The van der Waals surface area contributed by atoms with E-state index in [-0.39, 0.29) is 5.75 Å². The zero-order chi connectivity index (χ0) is 55.5. The Kier molecular flexibility index (Phi) is 22.9. The summed E-state index contributed by atoms with van der Waals surface area (Å²) in [6, 6.07) is 17.0. The lowest BCUT2D eigenvalue weighted by atomic mass is 9.92. The van der Waals surface area contributed by atoms with Crippen LogP contribution >= 0.6 is 0 Å². The molecule has 5 aliphatic heterocycles. The predicted octanol–water partition coefficient (Wildman–Crippen LogP) is 8.71. The van der Waals surface area contributed by atoms with Crippen molar-refractivity contribution >= 4 is 31.8 Å². The van der Waals surface area contributed by atoms with Crippen molar-refractivity contribution in [3.63, 3.8) is 0 Å². The molecule has 3 N–H and O–H groups in total. The van der Waals surface area contributed by atoms with Crippen LogP contribution in [0.5, 0.6) is 17.2 Å². The monoisotopic (exact) mass is 1110 g/mol. The van der Waals surface area contributed by atoms with Gasteiger partial charge in [-0.2, -0.15) is 4.31 Å². The number of hydrogen-bond donors (Lipinski definition) is 3. The quantitative estimate of drug-likeness (QED) is 0.0794. The van der Waals surface area contributed by atoms with Crippen molar-refractivity contribution in [3.05, 3.63) is 124 Å². The average molecular weight is 1110 g/mol. The molecule has 78 heavy (non-hydrogen) atoms. The van der Waals surface area contributed by atoms with Crippen LogP contribution in [0.3, 0.4) is 0 Å². The molecular formula is C60H87N9O7S2. The largest absolute Gasteiger partial charge is 0.508 e. The van der Waals surface area contributed by atoms with Crippen LogP contribution in [0.2, 0.25) is 0 Å². The van der Waals surface area contributed by atoms with Crippen molar-refractivity contribution in [2.45, 2.75) is 130 Å². The Labute approximate surface area is 466 Å². The van der Waals surface area contributed by atoms with E-state index in [9.17, 15) is 21.9 Å². The summed E-state index contributed by atoms with van der Waals surface area (Å²) in [7, 11) is -6.03. The van der Waals surface area contributed by atoms with Gasteiger partial charge >= 0.3 is 0 Å². The van der Waals surface area contributed by atoms with Gasteiger partial charge < -0.3 is 30.1 Å². The molecule has 0 saturated carbocycles. The van der Waals surface area contributed by atoms with Crippen LogP contribution in [-0.4, -0.2) is 133 Å². The van der Waals surface area contributed by atoms with Gasteiger partial charge in [-0.3, -0.25) is 4.90 Å². The summed E-state index contributed by atoms with van der Waals surface area (Å²) in [5.41, 5.74) is 9.62. The van der Waals surface area contributed by atoms with E-state index in [0.717, 1.165) is 133 Å². The minimum atomic E-state index is -3.14. The maximum atomic E-state index is 11.8. The lowest BCUT2D eigenvalue weighted by Crippen LogP contribution is -2.35. The van der Waals surface area contributed by atoms with Gasteiger partial charge in [-0.15, -0.1) is 0 Å². The number of aryl methyl sites for hydroxylation is 2. The highest BCUT2D eigenvalue weighted by Crippen LogP contribution is 2.29. The molecule has 18 heteroatoms. The number of hydrogen-bond acceptors (Lipinski definition) is 15. The number of aromatic hydroxyl groups is 2. The van der Waals surface area contributed by atoms with Crippen LogP contribution in [0.4, 0.5) is 11.9 Å². The Morgan fingerprint density at radius 3 is 1.67 bits per heavy atom. The highest BCUT2D eigenvalue weighted by molar-refractivity contribution is 7.90. The van der Waals surface area contributed by atoms with Crippen LogP contribution in [0.1, 0.15) is 123 Å². The first-order chi connectivity index (χ1) is 37.5. The van der Waals surface area contributed by atoms with Gasteiger partial charge in [0.1, 0.15) is 27.1 Å². The molecule has 16 nitrogen and oxygen atoms in total. The second-order valence-corrected chi connectivity index (χ2v) is 26.0. The molecule has 0 atom stereocenters. The third-order valence-corrected chi connectivity index (χ3v) is 17.9. The molecule has 426 valence electrons. The van der Waals surface area contributed by atoms with Gasteiger partial charge in [0.05, 0.1) is 18.6 Å². The molecule has 0 bridgehead atoms. The van der Waals surface area contributed by atoms with Crippen LogP contribution in [0, 0.1) is 11.8 Å². The molecule has 0 spiro atoms. The summed E-state index contributed by atoms with van der Waals surface area (Å²) in [5.74, 6) is 5.21. The fraction of sp³-hybridized carbons (Fsp3) is 0.567. The van der Waals surface area contributed by atoms with Crippen LogP contribution in [0.25, 0.3) is 0 Å². The van der Waals surface area contributed by atoms with Gasteiger partial charge in [0.25, 0.3) is 0 Å². The smallest absolute Gasteiger partial charge is 0.225 e. The van der Waals surface area contributed by atoms with E-state index in [4.69, 9.17) is 9.84 Å². The number of phenols is 2. The highest BCUT2D eigenvalue weighted by Gasteiger charge is 2.25. The number of rotatable bonds is 16. The van der Waals surface area contributed by atoms with E-state index in [0.29, 0.717) is 31.1 Å². The van der Waals surface area contributed by atoms with Crippen LogP contribution in [0.15, 0.2) is 79.4 Å². The molecule has 7 heterocycles. The van der Waals surface area contributed by atoms with Crippen molar-refractivity contribution < 1.29 is 31.8 Å². The number of phenolic OH excluding ortho intramolecular Hbond substituents is 2. The van der Waals surface area contributed by atoms with Crippen molar-refractivity contribution in [3.8, 4) is 17.2 Å². The zero-order valence-corrected chi connectivity index (χ0v) is 48.7. The minimum Gasteiger partial charge on any atom is -0.508 e. The standard InChI is InChI=1S/C24H34N4O3S.C15H25N3.C12H17NO3S.C9H11NO/c1-3-19-16-25-24(26-17-19)27-11-8-20(9-12-27)5-4-14-31-23-7-6-22-18-28(32(2,29)30)13-10-21(22)15-23;1-3-5-6-14-7-9-18(10-8-14)15-16-11-13(4-2)12-17-15;1-17(15,16)7-6-13-5-4-10-8-12(14)3-2-11(10)9-13;11-9-2-1-8-6-10-4-3-7(8)5-9/h6-7,15-17,20H,3-5,8-14,18H2,1-2H3;11-12,14H,3-10H2,1-2H3;2-3,8,14H,4-7,9H2,1H3;1-2,5,10-11H,3-4,6H2. The Morgan fingerprint density at radius 1 is 0.603 bits per heavy atom. The maximum absolute atomic E-state index is 11.8. The number of anilines is 2. The number of piperidine rings is 2. The number of fused-ring (bicyclic) bond motifs is 3. The third kappa shape index (κ3) is 19.2. The number of nitrogens with zero attached hydrogens (tertiary/aromatic N) is 8. The Bertz CT molecular complexity index is 2860. The number of sulfone groups is 1. The summed E-state index contributed by atoms with van der Waals surface area (Å²) in [5, 5.41) is 21.8. The van der Waals surface area contributed by atoms with Gasteiger partial charge in [-0.1, -0.05) is 58.2 Å². The summed E-state index contributed by atoms with van der Waals surface area (Å²) in [6.07, 6.45) is 26.3. The molecule has 2 saturated heterocycles. The van der Waals surface area contributed by atoms with E-state index < -0.39 is 19.9 Å². The first kappa shape index (κ1) is 60.2. The molecular weight excluding hydrogens is 1020 g/mol. The molecule has 3 aromatic carbocycles. The zero-order valence-electron chi connectivity index (χ0n) is 47.1. The number of sulfonamides is 1. The molecule has 0 aliphatic carbocycles. The Hall–Kier alpha value is -5.40. The van der Waals surface area contributed by atoms with Crippen LogP contribution < -0.4 is 19.9 Å². The Morgan fingerprint density at radius 2 is 1.12 bits per heavy atom. The van der Waals surface area contributed by atoms with E-state index in [2.05, 4.69) is 66.8 Å². The molecule has 10 rings (SSSR count). The number of ether oxygens (including phenoxy) is 1. The van der Waals surface area contributed by atoms with Gasteiger partial charge in [0.15, 0.2) is 0 Å². The molecule has 2 aromatic heterocycles. The summed E-state index contributed by atoms with van der Waals surface area (Å²) in [6.45, 7) is 16.7. The predicted molar refractivity (Wildman–Crippen MR) is 313 cm³/mol. The van der Waals surface area contributed by atoms with Gasteiger partial charge in [-0.05, 0) is 170 Å². The molecule has 5 aliphatic rings. The van der Waals surface area contributed by atoms with Gasteiger partial charge in [0, 0.05) is 96.5 Å². The fourth-order valence-corrected chi connectivity index (χ4v) is 12.1. The highest BCUT2D eigenvalue weighted by atomic mass is 32.2. The number of unbranched alkanes of at least 4 members (excludes halogenated alkanes) is 1. The lowest BCUT2D eigenvalue weighted by molar-refractivity contribution is 0.268. The molecule has 5 aromatic rings. The van der Waals surface area contributed by atoms with Crippen molar-refractivity contribution in [2.24, 2.45) is 11.8 Å². The van der Waals surface area contributed by atoms with Gasteiger partial charge in [0.2, 0.25) is 21.9 Å². The fourth-order valence-electron chi connectivity index (χ4n) is 10.7. The first-order valence-electron chi connectivity index (χ1n) is 28.6. The first-order valence-corrected chi connectivity index (χ1v) is 32.5. The van der Waals surface area contributed by atoms with Crippen molar-refractivity contribution in [2.75, 3.05) is 87.0 Å². The molecule has 0 radical (unpaired) electrons. The van der Waals surface area contributed by atoms with Crippen molar-refractivity contribution in [1.82, 2.24) is 34.5 Å². The normalized spacial score (nSPS) is 17.2. The van der Waals surface area contributed by atoms with Gasteiger partial charge in [-0.25, -0.2) is 36.8 Å². The maximum Gasteiger partial charge on any atom is 0.225 e. The minimum absolute atomic E-state index is 0.209. The second kappa shape index (κ2) is 29.7. The molecule has 0 amide bonds. The Balaban J connectivity index is 0.000000163. The third-order valence-electron chi connectivity index (χ3n) is 15.7. The molecule has 2 fully saturated rings. The summed E-state index contributed by atoms with van der Waals surface area (Å²) in [4.78, 5) is 24.8. The molecule has 0 unspecified atom stereocenters. The number of nitrogens with one attached hydrogen (secondary N) is 1. The number of benzene rings is 3. The second-order valence-electron chi connectivity index (χ2n) is 21.7. The van der Waals surface area contributed by atoms with E-state index >= 15 is 0 Å². The van der Waals surface area contributed by atoms with Crippen molar-refractivity contribution in [1.29, 1.82) is 0 Å². The number of aromatic nitrogens is 4.